The quantitative estimate of drug-likeness (QED) is 0.636. The van der Waals surface area contributed by atoms with Crippen molar-refractivity contribution < 1.29 is 9.59 Å². The van der Waals surface area contributed by atoms with Crippen LogP contribution in [0.4, 0.5) is 5.69 Å². The van der Waals surface area contributed by atoms with Gasteiger partial charge in [-0.15, -0.1) is 0 Å². The standard InChI is InChI=1S/C11H9BrClNO2/c12-5-2-6-14-9-7(10(15)11(14)16)3-1-4-8(9)13/h1,3-4H,2,5-6H2. The van der Waals surface area contributed by atoms with Gasteiger partial charge in [0.05, 0.1) is 16.3 Å². The van der Waals surface area contributed by atoms with Crippen LogP contribution in [0.25, 0.3) is 0 Å². The van der Waals surface area contributed by atoms with Gasteiger partial charge in [0, 0.05) is 11.9 Å². The van der Waals surface area contributed by atoms with Crippen molar-refractivity contribution >= 4 is 44.9 Å². The van der Waals surface area contributed by atoms with Crippen molar-refractivity contribution in [3.05, 3.63) is 28.8 Å². The number of carbonyl (C=O) groups excluding carboxylic acids is 2. The van der Waals surface area contributed by atoms with Gasteiger partial charge in [0.2, 0.25) is 0 Å². The zero-order valence-corrected chi connectivity index (χ0v) is 10.7. The van der Waals surface area contributed by atoms with Gasteiger partial charge in [-0.05, 0) is 18.6 Å². The highest BCUT2D eigenvalue weighted by molar-refractivity contribution is 9.09. The number of hydrogen-bond donors (Lipinski definition) is 0. The number of anilines is 1. The number of nitrogens with zero attached hydrogens (tertiary/aromatic N) is 1. The molecule has 16 heavy (non-hydrogen) atoms. The van der Waals surface area contributed by atoms with E-state index in [1.54, 1.807) is 18.2 Å². The van der Waals surface area contributed by atoms with Crippen molar-refractivity contribution in [3.63, 3.8) is 0 Å². The summed E-state index contributed by atoms with van der Waals surface area (Å²) in [5.41, 5.74) is 0.965. The highest BCUT2D eigenvalue weighted by Crippen LogP contribution is 2.35. The molecule has 0 spiro atoms. The van der Waals surface area contributed by atoms with Crippen molar-refractivity contribution in [1.82, 2.24) is 0 Å². The van der Waals surface area contributed by atoms with Gasteiger partial charge in [-0.2, -0.15) is 0 Å². The lowest BCUT2D eigenvalue weighted by molar-refractivity contribution is -0.114. The van der Waals surface area contributed by atoms with E-state index in [4.69, 9.17) is 11.6 Å². The lowest BCUT2D eigenvalue weighted by Gasteiger charge is -2.16. The Morgan fingerprint density at radius 2 is 2.06 bits per heavy atom. The molecule has 1 heterocycles. The van der Waals surface area contributed by atoms with E-state index < -0.39 is 11.7 Å². The van der Waals surface area contributed by atoms with E-state index in [-0.39, 0.29) is 0 Å². The maximum Gasteiger partial charge on any atom is 0.299 e. The molecule has 1 aromatic carbocycles. The van der Waals surface area contributed by atoms with E-state index in [0.717, 1.165) is 11.8 Å². The zero-order chi connectivity index (χ0) is 11.7. The Bertz CT molecular complexity index is 461. The number of para-hydroxylation sites is 1. The van der Waals surface area contributed by atoms with E-state index >= 15 is 0 Å². The predicted octanol–water partition coefficient (Wildman–Crippen LogP) is 2.65. The number of Topliss-reactive ketones (excluding diaryl/α,β-unsaturated/α-hetero) is 1. The van der Waals surface area contributed by atoms with Crippen molar-refractivity contribution in [3.8, 4) is 0 Å². The zero-order valence-electron chi connectivity index (χ0n) is 8.37. The summed E-state index contributed by atoms with van der Waals surface area (Å²) in [6.45, 7) is 0.507. The maximum absolute atomic E-state index is 11.7. The molecule has 5 heteroatoms. The second-order valence-electron chi connectivity index (χ2n) is 3.46. The molecule has 0 aliphatic carbocycles. The average molecular weight is 303 g/mol. The Morgan fingerprint density at radius 3 is 2.75 bits per heavy atom. The Hall–Kier alpha value is -0.870. The number of benzene rings is 1. The van der Waals surface area contributed by atoms with E-state index in [1.807, 2.05) is 0 Å². The minimum atomic E-state index is -0.482. The summed E-state index contributed by atoms with van der Waals surface area (Å²) in [5.74, 6) is -0.948. The Kier molecular flexibility index (Phi) is 3.30. The summed E-state index contributed by atoms with van der Waals surface area (Å²) in [4.78, 5) is 24.8. The molecule has 3 nitrogen and oxygen atoms in total. The van der Waals surface area contributed by atoms with Crippen LogP contribution in [0.3, 0.4) is 0 Å². The summed E-state index contributed by atoms with van der Waals surface area (Å²) in [6.07, 6.45) is 0.781. The van der Waals surface area contributed by atoms with Crippen LogP contribution in [-0.4, -0.2) is 23.6 Å². The molecule has 1 aliphatic heterocycles. The van der Waals surface area contributed by atoms with Crippen LogP contribution >= 0.6 is 27.5 Å². The van der Waals surface area contributed by atoms with Crippen LogP contribution in [0.15, 0.2) is 18.2 Å². The van der Waals surface area contributed by atoms with Crippen molar-refractivity contribution in [1.29, 1.82) is 0 Å². The third-order valence-electron chi connectivity index (χ3n) is 2.46. The molecule has 1 aliphatic rings. The highest BCUT2D eigenvalue weighted by Gasteiger charge is 2.36. The molecular weight excluding hydrogens is 293 g/mol. The first-order valence-corrected chi connectivity index (χ1v) is 6.37. The molecule has 1 aromatic rings. The SMILES string of the molecule is O=C1C(=O)N(CCCBr)c2c(Cl)cccc21. The normalized spacial score (nSPS) is 14.5. The van der Waals surface area contributed by atoms with Crippen LogP contribution in [0.1, 0.15) is 16.8 Å². The van der Waals surface area contributed by atoms with Crippen molar-refractivity contribution in [2.75, 3.05) is 16.8 Å². The minimum Gasteiger partial charge on any atom is -0.303 e. The number of carbonyl (C=O) groups is 2. The molecule has 0 radical (unpaired) electrons. The number of amides is 1. The van der Waals surface area contributed by atoms with E-state index in [0.29, 0.717) is 22.8 Å². The van der Waals surface area contributed by atoms with Crippen LogP contribution in [-0.2, 0) is 4.79 Å². The number of hydrogen-bond acceptors (Lipinski definition) is 2. The minimum absolute atomic E-state index is 0.409. The Morgan fingerprint density at radius 1 is 1.31 bits per heavy atom. The van der Waals surface area contributed by atoms with Crippen LogP contribution in [0.5, 0.6) is 0 Å². The topological polar surface area (TPSA) is 37.4 Å². The molecule has 0 atom stereocenters. The molecule has 0 saturated heterocycles. The molecule has 84 valence electrons. The molecule has 0 bridgehead atoms. The molecule has 0 N–H and O–H groups in total. The van der Waals surface area contributed by atoms with Gasteiger partial charge in [0.25, 0.3) is 11.7 Å². The number of halogens is 2. The summed E-state index contributed by atoms with van der Waals surface area (Å²) in [7, 11) is 0. The van der Waals surface area contributed by atoms with Crippen molar-refractivity contribution in [2.45, 2.75) is 6.42 Å². The monoisotopic (exact) mass is 301 g/mol. The van der Waals surface area contributed by atoms with E-state index in [2.05, 4.69) is 15.9 Å². The predicted molar refractivity (Wildman–Crippen MR) is 66.5 cm³/mol. The molecule has 0 unspecified atom stereocenters. The first kappa shape index (κ1) is 11.6. The second-order valence-corrected chi connectivity index (χ2v) is 4.66. The molecule has 1 amide bonds. The first-order chi connectivity index (χ1) is 7.66. The van der Waals surface area contributed by atoms with Gasteiger partial charge in [-0.1, -0.05) is 33.6 Å². The lowest BCUT2D eigenvalue weighted by Crippen LogP contribution is -2.30. The molecule has 0 aromatic heterocycles. The number of ketones is 1. The van der Waals surface area contributed by atoms with Crippen molar-refractivity contribution in [2.24, 2.45) is 0 Å². The third kappa shape index (κ3) is 1.76. The third-order valence-corrected chi connectivity index (χ3v) is 3.32. The van der Waals surface area contributed by atoms with Gasteiger partial charge < -0.3 is 4.90 Å². The first-order valence-electron chi connectivity index (χ1n) is 4.87. The Labute approximate surface area is 107 Å². The summed E-state index contributed by atoms with van der Waals surface area (Å²) >= 11 is 9.31. The second kappa shape index (κ2) is 4.55. The molecule has 2 rings (SSSR count). The average Bonchev–Trinajstić information content (AvgIpc) is 2.52. The summed E-state index contributed by atoms with van der Waals surface area (Å²) in [6, 6.07) is 5.00. The summed E-state index contributed by atoms with van der Waals surface area (Å²) < 4.78 is 0. The molecular formula is C11H9BrClNO2. The number of fused-ring (bicyclic) bond motifs is 1. The fourth-order valence-electron chi connectivity index (χ4n) is 1.74. The van der Waals surface area contributed by atoms with Gasteiger partial charge in [0.15, 0.2) is 0 Å². The maximum atomic E-state index is 11.7. The van der Waals surface area contributed by atoms with Gasteiger partial charge >= 0.3 is 0 Å². The molecule has 0 saturated carbocycles. The number of rotatable bonds is 3. The van der Waals surface area contributed by atoms with Crippen LogP contribution in [0.2, 0.25) is 5.02 Å². The fourth-order valence-corrected chi connectivity index (χ4v) is 2.27. The summed E-state index contributed by atoms with van der Waals surface area (Å²) in [5, 5.41) is 1.23. The Balaban J connectivity index is 2.43. The van der Waals surface area contributed by atoms with Gasteiger partial charge in [-0.25, -0.2) is 0 Å². The van der Waals surface area contributed by atoms with E-state index in [1.165, 1.54) is 4.90 Å². The van der Waals surface area contributed by atoms with Crippen LogP contribution in [0, 0.1) is 0 Å². The fraction of sp³-hybridized carbons (Fsp3) is 0.273. The van der Waals surface area contributed by atoms with Crippen LogP contribution < -0.4 is 4.90 Å². The van der Waals surface area contributed by atoms with Gasteiger partial charge in [-0.3, -0.25) is 9.59 Å². The van der Waals surface area contributed by atoms with E-state index in [9.17, 15) is 9.59 Å². The number of alkyl halides is 1. The largest absolute Gasteiger partial charge is 0.303 e. The van der Waals surface area contributed by atoms with Gasteiger partial charge in [0.1, 0.15) is 0 Å². The lowest BCUT2D eigenvalue weighted by atomic mass is 10.1. The highest BCUT2D eigenvalue weighted by atomic mass is 79.9. The molecule has 0 fully saturated rings. The smallest absolute Gasteiger partial charge is 0.299 e.